The number of nitro groups is 1. The van der Waals surface area contributed by atoms with E-state index in [-0.39, 0.29) is 23.4 Å². The summed E-state index contributed by atoms with van der Waals surface area (Å²) in [6.45, 7) is 3.88. The third kappa shape index (κ3) is 2.72. The van der Waals surface area contributed by atoms with Crippen molar-refractivity contribution < 1.29 is 9.31 Å². The van der Waals surface area contributed by atoms with Crippen LogP contribution in [-0.2, 0) is 6.42 Å². The van der Waals surface area contributed by atoms with Crippen molar-refractivity contribution >= 4 is 28.2 Å². The van der Waals surface area contributed by atoms with Crippen LogP contribution in [0.5, 0.6) is 0 Å². The zero-order chi connectivity index (χ0) is 14.9. The number of rotatable bonds is 4. The summed E-state index contributed by atoms with van der Waals surface area (Å²) in [5.74, 6) is -0.459. The van der Waals surface area contributed by atoms with Gasteiger partial charge in [0.25, 0.3) is 5.69 Å². The first-order valence-electron chi connectivity index (χ1n) is 6.26. The number of hydrogen-bond donors (Lipinski definition) is 0. The number of pyridine rings is 1. The van der Waals surface area contributed by atoms with Gasteiger partial charge in [0.2, 0.25) is 0 Å². The lowest BCUT2D eigenvalue weighted by atomic mass is 9.98. The third-order valence-electron chi connectivity index (χ3n) is 3.24. The quantitative estimate of drug-likeness (QED) is 0.485. The smallest absolute Gasteiger partial charge is 0.258 e. The Morgan fingerprint density at radius 3 is 2.80 bits per heavy atom. The van der Waals surface area contributed by atoms with E-state index in [2.05, 4.69) is 4.98 Å². The number of hydrogen-bond acceptors (Lipinski definition) is 3. The average molecular weight is 297 g/mol. The molecule has 2 rings (SSSR count). The number of alkyl halides is 1. The normalized spacial score (nSPS) is 12.8. The minimum absolute atomic E-state index is 0.171. The second-order valence-corrected chi connectivity index (χ2v) is 5.54. The zero-order valence-corrected chi connectivity index (χ0v) is 11.9. The van der Waals surface area contributed by atoms with Crippen LogP contribution >= 0.6 is 11.6 Å². The summed E-state index contributed by atoms with van der Waals surface area (Å²) in [6.07, 6.45) is 1.78. The van der Waals surface area contributed by atoms with E-state index in [4.69, 9.17) is 11.6 Å². The van der Waals surface area contributed by atoms with Crippen LogP contribution < -0.4 is 0 Å². The molecule has 0 N–H and O–H groups in total. The van der Waals surface area contributed by atoms with Gasteiger partial charge in [0.1, 0.15) is 5.82 Å². The molecule has 20 heavy (non-hydrogen) atoms. The molecule has 0 spiro atoms. The fraction of sp³-hybridized carbons (Fsp3) is 0.357. The summed E-state index contributed by atoms with van der Waals surface area (Å²) in [6, 6.07) is 4.11. The Morgan fingerprint density at radius 2 is 2.20 bits per heavy atom. The van der Waals surface area contributed by atoms with Gasteiger partial charge < -0.3 is 0 Å². The van der Waals surface area contributed by atoms with Crippen LogP contribution in [0.3, 0.4) is 0 Å². The zero-order valence-electron chi connectivity index (χ0n) is 11.1. The van der Waals surface area contributed by atoms with Crippen LogP contribution in [0.4, 0.5) is 10.1 Å². The van der Waals surface area contributed by atoms with Gasteiger partial charge in [-0.3, -0.25) is 15.1 Å². The SMILES string of the molecule is CC(C)C(Cl)Cc1c(F)cc([N+](=O)[O-])c2cccnc12. The molecule has 0 saturated heterocycles. The van der Waals surface area contributed by atoms with Crippen molar-refractivity contribution in [2.24, 2.45) is 5.92 Å². The third-order valence-corrected chi connectivity index (χ3v) is 3.90. The van der Waals surface area contributed by atoms with E-state index in [1.165, 1.54) is 6.20 Å². The number of fused-ring (bicyclic) bond motifs is 1. The van der Waals surface area contributed by atoms with Gasteiger partial charge in [-0.2, -0.15) is 0 Å². The Bertz CT molecular complexity index is 661. The predicted molar refractivity (Wildman–Crippen MR) is 76.5 cm³/mol. The second kappa shape index (κ2) is 5.71. The number of nitro benzene ring substituents is 1. The van der Waals surface area contributed by atoms with Crippen LogP contribution in [0.2, 0.25) is 0 Å². The summed E-state index contributed by atoms with van der Waals surface area (Å²) < 4.78 is 14.2. The molecule has 0 aliphatic rings. The molecule has 106 valence electrons. The Morgan fingerprint density at radius 1 is 1.50 bits per heavy atom. The summed E-state index contributed by atoms with van der Waals surface area (Å²) >= 11 is 6.20. The Kier molecular flexibility index (Phi) is 4.18. The summed E-state index contributed by atoms with van der Waals surface area (Å²) in [4.78, 5) is 14.5. The van der Waals surface area contributed by atoms with Gasteiger partial charge in [-0.1, -0.05) is 13.8 Å². The maximum Gasteiger partial charge on any atom is 0.281 e. The fourth-order valence-electron chi connectivity index (χ4n) is 2.03. The van der Waals surface area contributed by atoms with E-state index in [1.807, 2.05) is 13.8 Å². The molecule has 0 saturated carbocycles. The highest BCUT2D eigenvalue weighted by Crippen LogP contribution is 2.31. The molecule has 0 aliphatic carbocycles. The largest absolute Gasteiger partial charge is 0.281 e. The monoisotopic (exact) mass is 296 g/mol. The van der Waals surface area contributed by atoms with Gasteiger partial charge in [-0.25, -0.2) is 4.39 Å². The molecule has 6 heteroatoms. The molecule has 2 aromatic rings. The molecule has 1 unspecified atom stereocenters. The lowest BCUT2D eigenvalue weighted by molar-refractivity contribution is -0.383. The lowest BCUT2D eigenvalue weighted by Gasteiger charge is -2.15. The highest BCUT2D eigenvalue weighted by molar-refractivity contribution is 6.21. The van der Waals surface area contributed by atoms with Gasteiger partial charge in [-0.15, -0.1) is 11.6 Å². The number of non-ortho nitro benzene ring substituents is 1. The van der Waals surface area contributed by atoms with Gasteiger partial charge in [-0.05, 0) is 24.5 Å². The van der Waals surface area contributed by atoms with Crippen molar-refractivity contribution in [1.82, 2.24) is 4.98 Å². The summed E-state index contributed by atoms with van der Waals surface area (Å²) in [7, 11) is 0. The van der Waals surface area contributed by atoms with Crippen molar-refractivity contribution in [3.63, 3.8) is 0 Å². The van der Waals surface area contributed by atoms with E-state index < -0.39 is 10.7 Å². The Hall–Kier alpha value is -1.75. The summed E-state index contributed by atoms with van der Waals surface area (Å²) in [5, 5.41) is 11.1. The first-order chi connectivity index (χ1) is 9.41. The minimum Gasteiger partial charge on any atom is -0.258 e. The van der Waals surface area contributed by atoms with Crippen LogP contribution in [0.15, 0.2) is 24.4 Å². The number of benzene rings is 1. The molecule has 0 radical (unpaired) electrons. The maximum absolute atomic E-state index is 14.2. The Labute approximate surface area is 120 Å². The minimum atomic E-state index is -0.630. The molecule has 1 aromatic carbocycles. The fourth-order valence-corrected chi connectivity index (χ4v) is 2.18. The topological polar surface area (TPSA) is 56.0 Å². The van der Waals surface area contributed by atoms with Crippen molar-refractivity contribution in [2.45, 2.75) is 25.6 Å². The lowest BCUT2D eigenvalue weighted by Crippen LogP contribution is -2.13. The molecular weight excluding hydrogens is 283 g/mol. The van der Waals surface area contributed by atoms with E-state index in [0.29, 0.717) is 16.5 Å². The number of halogens is 2. The number of aromatic nitrogens is 1. The van der Waals surface area contributed by atoms with E-state index in [1.54, 1.807) is 12.1 Å². The van der Waals surface area contributed by atoms with Gasteiger partial charge in [0.05, 0.1) is 21.9 Å². The van der Waals surface area contributed by atoms with E-state index >= 15 is 0 Å². The highest BCUT2D eigenvalue weighted by atomic mass is 35.5. The van der Waals surface area contributed by atoms with Crippen molar-refractivity contribution in [3.05, 3.63) is 45.9 Å². The molecular formula is C14H14ClFN2O2. The molecule has 0 bridgehead atoms. The first kappa shape index (κ1) is 14.7. The standard InChI is InChI=1S/C14H14ClFN2O2/c1-8(2)11(15)6-10-12(16)7-13(18(19)20)9-4-3-5-17-14(9)10/h3-5,7-8,11H,6H2,1-2H3. The van der Waals surface area contributed by atoms with E-state index in [9.17, 15) is 14.5 Å². The van der Waals surface area contributed by atoms with Gasteiger partial charge in [0, 0.05) is 17.1 Å². The molecule has 1 atom stereocenters. The molecule has 0 amide bonds. The van der Waals surface area contributed by atoms with Crippen LogP contribution in [0, 0.1) is 21.8 Å². The number of nitrogens with zero attached hydrogens (tertiary/aromatic N) is 2. The van der Waals surface area contributed by atoms with Gasteiger partial charge >= 0.3 is 0 Å². The van der Waals surface area contributed by atoms with Crippen molar-refractivity contribution in [1.29, 1.82) is 0 Å². The Balaban J connectivity index is 2.64. The molecule has 1 aromatic heterocycles. The van der Waals surface area contributed by atoms with Crippen LogP contribution in [0.25, 0.3) is 10.9 Å². The average Bonchev–Trinajstić information content (AvgIpc) is 2.40. The van der Waals surface area contributed by atoms with Crippen LogP contribution in [-0.4, -0.2) is 15.3 Å². The molecule has 1 heterocycles. The second-order valence-electron chi connectivity index (χ2n) is 4.98. The molecule has 0 fully saturated rings. The predicted octanol–water partition coefficient (Wildman–Crippen LogP) is 4.09. The van der Waals surface area contributed by atoms with Gasteiger partial charge in [0.15, 0.2) is 0 Å². The van der Waals surface area contributed by atoms with Crippen molar-refractivity contribution in [2.75, 3.05) is 0 Å². The molecule has 4 nitrogen and oxygen atoms in total. The maximum atomic E-state index is 14.2. The molecule has 0 aliphatic heterocycles. The first-order valence-corrected chi connectivity index (χ1v) is 6.70. The van der Waals surface area contributed by atoms with Crippen LogP contribution in [0.1, 0.15) is 19.4 Å². The van der Waals surface area contributed by atoms with E-state index in [0.717, 1.165) is 6.07 Å². The van der Waals surface area contributed by atoms with Crippen molar-refractivity contribution in [3.8, 4) is 0 Å². The highest BCUT2D eigenvalue weighted by Gasteiger charge is 2.22. The summed E-state index contributed by atoms with van der Waals surface area (Å²) in [5.41, 5.74) is 0.371.